The predicted molar refractivity (Wildman–Crippen MR) is 122 cm³/mol. The molecule has 2 aromatic carbocycles. The standard InChI is InChI=1S/C24H23F2N3O2S/c25-17-10-11-21(19(26)14-17)29-23(31)18-8-4-5-9-20(18)28-24(29)32-15-22(30)27-13-12-16-6-2-1-3-7-16/h4-6,8-11,14H,1-3,7,12-13,15H2,(H,27,30). The van der Waals surface area contributed by atoms with Gasteiger partial charge >= 0.3 is 0 Å². The molecule has 1 N–H and O–H groups in total. The zero-order valence-corrected chi connectivity index (χ0v) is 18.3. The molecule has 5 nitrogen and oxygen atoms in total. The molecule has 0 spiro atoms. The summed E-state index contributed by atoms with van der Waals surface area (Å²) < 4.78 is 29.0. The van der Waals surface area contributed by atoms with Crippen molar-refractivity contribution in [1.29, 1.82) is 0 Å². The van der Waals surface area contributed by atoms with Gasteiger partial charge in [-0.2, -0.15) is 0 Å². The van der Waals surface area contributed by atoms with Crippen LogP contribution < -0.4 is 10.9 Å². The third-order valence-corrected chi connectivity index (χ3v) is 6.32. The Morgan fingerprint density at radius 3 is 2.78 bits per heavy atom. The summed E-state index contributed by atoms with van der Waals surface area (Å²) in [4.78, 5) is 30.0. The molecule has 166 valence electrons. The number of nitrogens with zero attached hydrogens (tertiary/aromatic N) is 2. The number of carbonyl (C=O) groups excluding carboxylic acids is 1. The normalized spacial score (nSPS) is 13.8. The summed E-state index contributed by atoms with van der Waals surface area (Å²) in [7, 11) is 0. The first-order valence-electron chi connectivity index (χ1n) is 10.6. The van der Waals surface area contributed by atoms with Gasteiger partial charge in [0.05, 0.1) is 22.3 Å². The molecule has 0 saturated heterocycles. The molecule has 3 aromatic rings. The number of hydrogen-bond acceptors (Lipinski definition) is 4. The predicted octanol–water partition coefficient (Wildman–Crippen LogP) is 4.76. The zero-order chi connectivity index (χ0) is 22.5. The minimum Gasteiger partial charge on any atom is -0.355 e. The lowest BCUT2D eigenvalue weighted by Gasteiger charge is -2.14. The van der Waals surface area contributed by atoms with Gasteiger partial charge in [-0.25, -0.2) is 13.8 Å². The molecule has 0 unspecified atom stereocenters. The molecule has 4 rings (SSSR count). The van der Waals surface area contributed by atoms with Gasteiger partial charge in [-0.3, -0.25) is 14.2 Å². The largest absolute Gasteiger partial charge is 0.355 e. The van der Waals surface area contributed by atoms with E-state index in [-0.39, 0.29) is 22.5 Å². The van der Waals surface area contributed by atoms with Gasteiger partial charge in [-0.15, -0.1) is 0 Å². The Hall–Kier alpha value is -3.00. The number of para-hydroxylation sites is 1. The first-order valence-corrected chi connectivity index (χ1v) is 11.6. The summed E-state index contributed by atoms with van der Waals surface area (Å²) >= 11 is 1.04. The second kappa shape index (κ2) is 10.1. The van der Waals surface area contributed by atoms with E-state index < -0.39 is 17.2 Å². The lowest BCUT2D eigenvalue weighted by Crippen LogP contribution is -2.28. The third-order valence-electron chi connectivity index (χ3n) is 5.38. The van der Waals surface area contributed by atoms with Crippen molar-refractivity contribution < 1.29 is 13.6 Å². The van der Waals surface area contributed by atoms with Gasteiger partial charge in [0.2, 0.25) is 5.91 Å². The molecule has 0 atom stereocenters. The van der Waals surface area contributed by atoms with E-state index in [1.54, 1.807) is 24.3 Å². The van der Waals surface area contributed by atoms with E-state index in [0.717, 1.165) is 47.7 Å². The van der Waals surface area contributed by atoms with Gasteiger partial charge in [0.15, 0.2) is 5.16 Å². The average Bonchev–Trinajstić information content (AvgIpc) is 2.79. The summed E-state index contributed by atoms with van der Waals surface area (Å²) in [5.41, 5.74) is 1.24. The van der Waals surface area contributed by atoms with E-state index in [9.17, 15) is 18.4 Å². The molecule has 1 aliphatic rings. The van der Waals surface area contributed by atoms with Crippen molar-refractivity contribution in [2.24, 2.45) is 0 Å². The summed E-state index contributed by atoms with van der Waals surface area (Å²) in [5.74, 6) is -1.79. The molecule has 0 radical (unpaired) electrons. The van der Waals surface area contributed by atoms with E-state index >= 15 is 0 Å². The van der Waals surface area contributed by atoms with Crippen molar-refractivity contribution in [3.8, 4) is 5.69 Å². The summed E-state index contributed by atoms with van der Waals surface area (Å²) in [6.07, 6.45) is 7.68. The first-order chi connectivity index (χ1) is 15.5. The van der Waals surface area contributed by atoms with Crippen LogP contribution in [0, 0.1) is 11.6 Å². The maximum absolute atomic E-state index is 14.5. The quantitative estimate of drug-likeness (QED) is 0.317. The number of halogens is 2. The van der Waals surface area contributed by atoms with E-state index in [4.69, 9.17) is 0 Å². The van der Waals surface area contributed by atoms with Crippen molar-refractivity contribution in [1.82, 2.24) is 14.9 Å². The van der Waals surface area contributed by atoms with Crippen LogP contribution >= 0.6 is 11.8 Å². The highest BCUT2D eigenvalue weighted by Crippen LogP contribution is 2.23. The summed E-state index contributed by atoms with van der Waals surface area (Å²) in [5, 5.41) is 3.37. The topological polar surface area (TPSA) is 64.0 Å². The van der Waals surface area contributed by atoms with Gasteiger partial charge in [-0.05, 0) is 56.4 Å². The van der Waals surface area contributed by atoms with Crippen molar-refractivity contribution in [3.05, 3.63) is 76.1 Å². The monoisotopic (exact) mass is 455 g/mol. The molecular weight excluding hydrogens is 432 g/mol. The van der Waals surface area contributed by atoms with Crippen LogP contribution in [0.15, 0.2) is 64.1 Å². The van der Waals surface area contributed by atoms with Gasteiger partial charge in [-0.1, -0.05) is 35.5 Å². The molecule has 1 amide bonds. The fraction of sp³-hybridized carbons (Fsp3) is 0.292. The SMILES string of the molecule is O=C(CSc1nc2ccccc2c(=O)n1-c1ccc(F)cc1F)NCCC1=CCCCC1. The summed E-state index contributed by atoms with van der Waals surface area (Å²) in [6, 6.07) is 9.73. The fourth-order valence-corrected chi connectivity index (χ4v) is 4.60. The molecular formula is C24H23F2N3O2S. The minimum atomic E-state index is -0.878. The van der Waals surface area contributed by atoms with Crippen LogP contribution in [0.25, 0.3) is 16.6 Å². The van der Waals surface area contributed by atoms with Crippen molar-refractivity contribution in [3.63, 3.8) is 0 Å². The maximum atomic E-state index is 14.5. The molecule has 1 heterocycles. The highest BCUT2D eigenvalue weighted by atomic mass is 32.2. The lowest BCUT2D eigenvalue weighted by atomic mass is 9.97. The number of allylic oxidation sites excluding steroid dienone is 1. The van der Waals surface area contributed by atoms with Crippen LogP contribution in [-0.2, 0) is 4.79 Å². The second-order valence-electron chi connectivity index (χ2n) is 7.64. The highest BCUT2D eigenvalue weighted by molar-refractivity contribution is 7.99. The van der Waals surface area contributed by atoms with Crippen LogP contribution in [0.4, 0.5) is 8.78 Å². The van der Waals surface area contributed by atoms with E-state index in [1.165, 1.54) is 24.5 Å². The van der Waals surface area contributed by atoms with Crippen LogP contribution in [0.5, 0.6) is 0 Å². The lowest BCUT2D eigenvalue weighted by molar-refractivity contribution is -0.118. The number of amides is 1. The van der Waals surface area contributed by atoms with Gasteiger partial charge < -0.3 is 5.32 Å². The number of thioether (sulfide) groups is 1. The van der Waals surface area contributed by atoms with Crippen LogP contribution in [0.1, 0.15) is 32.1 Å². The average molecular weight is 456 g/mol. The molecule has 0 aliphatic heterocycles. The molecule has 8 heteroatoms. The number of hydrogen-bond donors (Lipinski definition) is 1. The first kappa shape index (κ1) is 22.2. The number of benzene rings is 2. The van der Waals surface area contributed by atoms with Gasteiger partial charge in [0.1, 0.15) is 11.6 Å². The second-order valence-corrected chi connectivity index (χ2v) is 8.59. The van der Waals surface area contributed by atoms with Crippen LogP contribution in [0.2, 0.25) is 0 Å². The molecule has 0 saturated carbocycles. The van der Waals surface area contributed by atoms with E-state index in [2.05, 4.69) is 16.4 Å². The fourth-order valence-electron chi connectivity index (χ4n) is 3.76. The van der Waals surface area contributed by atoms with E-state index in [1.807, 2.05) is 0 Å². The Kier molecular flexibility index (Phi) is 6.99. The number of carbonyl (C=O) groups is 1. The molecule has 32 heavy (non-hydrogen) atoms. The zero-order valence-electron chi connectivity index (χ0n) is 17.4. The summed E-state index contributed by atoms with van der Waals surface area (Å²) in [6.45, 7) is 0.551. The molecule has 1 aliphatic carbocycles. The smallest absolute Gasteiger partial charge is 0.266 e. The number of rotatable bonds is 7. The number of aromatic nitrogens is 2. The van der Waals surface area contributed by atoms with E-state index in [0.29, 0.717) is 17.4 Å². The van der Waals surface area contributed by atoms with Crippen molar-refractivity contribution in [2.75, 3.05) is 12.3 Å². The van der Waals surface area contributed by atoms with Crippen molar-refractivity contribution in [2.45, 2.75) is 37.3 Å². The molecule has 0 bridgehead atoms. The van der Waals surface area contributed by atoms with Crippen molar-refractivity contribution >= 4 is 28.6 Å². The Bertz CT molecular complexity index is 1240. The number of nitrogens with one attached hydrogen (secondary N) is 1. The Labute approximate surface area is 188 Å². The van der Waals surface area contributed by atoms with Crippen LogP contribution in [-0.4, -0.2) is 27.8 Å². The minimum absolute atomic E-state index is 0.0205. The third kappa shape index (κ3) is 5.07. The van der Waals surface area contributed by atoms with Gasteiger partial charge in [0, 0.05) is 12.6 Å². The Morgan fingerprint density at radius 2 is 2.00 bits per heavy atom. The Morgan fingerprint density at radius 1 is 1.16 bits per heavy atom. The maximum Gasteiger partial charge on any atom is 0.266 e. The van der Waals surface area contributed by atoms with Gasteiger partial charge in [0.25, 0.3) is 5.56 Å². The Balaban J connectivity index is 1.55. The highest BCUT2D eigenvalue weighted by Gasteiger charge is 2.17. The molecule has 0 fully saturated rings. The molecule has 1 aromatic heterocycles. The van der Waals surface area contributed by atoms with Crippen LogP contribution in [0.3, 0.4) is 0 Å². The number of fused-ring (bicyclic) bond motifs is 1.